The molecule has 6 aromatic carbocycles. The van der Waals surface area contributed by atoms with Crippen LogP contribution in [0.4, 0.5) is 79.0 Å². The molecular formula is C48H33ClF18IrOP3-. The summed E-state index contributed by atoms with van der Waals surface area (Å²) in [6, 6.07) is 21.2. The van der Waals surface area contributed by atoms with Gasteiger partial charge in [0.2, 0.25) is 0 Å². The molecule has 6 rings (SSSR count). The van der Waals surface area contributed by atoms with Crippen LogP contribution in [0.5, 0.6) is 0 Å². The molecule has 0 amide bonds. The van der Waals surface area contributed by atoms with Crippen molar-refractivity contribution in [3.05, 3.63) is 186 Å². The van der Waals surface area contributed by atoms with E-state index in [1.165, 1.54) is 43.3 Å². The van der Waals surface area contributed by atoms with Crippen LogP contribution in [0.1, 0.15) is 40.3 Å². The Morgan fingerprint density at radius 3 is 0.583 bits per heavy atom. The first kappa shape index (κ1) is 62.3. The smallest absolute Gasteiger partial charge is 0 e. The van der Waals surface area contributed by atoms with Crippen LogP contribution in [-0.4, -0.2) is 18.5 Å². The molecule has 389 valence electrons. The minimum Gasteiger partial charge on any atom is -1.00 e. The maximum absolute atomic E-state index is 14.3. The number of alkyl halides is 18. The summed E-state index contributed by atoms with van der Waals surface area (Å²) in [5.41, 5.74) is -9.18. The molecule has 6 aromatic rings. The zero-order chi connectivity index (χ0) is 52.3. The zero-order valence-electron chi connectivity index (χ0n) is 36.2. The van der Waals surface area contributed by atoms with E-state index >= 15 is 0 Å². The van der Waals surface area contributed by atoms with Crippen molar-refractivity contribution in [2.24, 2.45) is 5.41 Å². The van der Waals surface area contributed by atoms with E-state index in [2.05, 4.69) is 6.65 Å². The second-order valence-electron chi connectivity index (χ2n) is 15.9. The maximum atomic E-state index is 14.3. The van der Waals surface area contributed by atoms with Gasteiger partial charge in [-0.2, -0.15) is 79.0 Å². The first-order valence-electron chi connectivity index (χ1n) is 19.9. The van der Waals surface area contributed by atoms with Gasteiger partial charge in [-0.05, 0) is 152 Å². The minimum atomic E-state index is -5.00. The van der Waals surface area contributed by atoms with Crippen molar-refractivity contribution < 1.29 is 116 Å². The Kier molecular flexibility index (Phi) is 20.9. The molecule has 0 N–H and O–H groups in total. The summed E-state index contributed by atoms with van der Waals surface area (Å²) >= 11 is 0. The van der Waals surface area contributed by atoms with Crippen molar-refractivity contribution in [2.75, 3.05) is 18.5 Å². The average molecular weight is 1290 g/mol. The second kappa shape index (κ2) is 24.1. The standard InChI is InChI=1S/C47H33F18P3.CO.ClH.Ir/c1-41(26-66(35-14-2-8-29(20-35)42(48,49)50)36-15-3-9-30(21-36)43(51,52)53,27-67(37-16-4-10-31(22-37)44(54,55)56)38-17-5-11-32(23-38)45(57,58)59)28-68(39-18-6-12-33(24-39)46(60,61)62)40-19-7-13-34(25-40)47(63,64)65;1-2;;/h2-25H,26-28H2,1H3;;1H;/p-1. The van der Waals surface area contributed by atoms with Crippen molar-refractivity contribution in [3.8, 4) is 0 Å². The van der Waals surface area contributed by atoms with E-state index in [4.69, 9.17) is 4.65 Å². The van der Waals surface area contributed by atoms with Crippen molar-refractivity contribution in [3.63, 3.8) is 0 Å². The van der Waals surface area contributed by atoms with E-state index in [1.807, 2.05) is 0 Å². The van der Waals surface area contributed by atoms with Crippen molar-refractivity contribution in [2.45, 2.75) is 44.0 Å². The normalized spacial score (nSPS) is 12.8. The Morgan fingerprint density at radius 1 is 0.319 bits per heavy atom. The second-order valence-corrected chi connectivity index (χ2v) is 22.5. The summed E-state index contributed by atoms with van der Waals surface area (Å²) < 4.78 is 265. The van der Waals surface area contributed by atoms with Gasteiger partial charge in [0, 0.05) is 20.1 Å². The van der Waals surface area contributed by atoms with E-state index < -0.39 is 118 Å². The van der Waals surface area contributed by atoms with Gasteiger partial charge in [0.1, 0.15) is 0 Å². The number of hydrogen-bond acceptors (Lipinski definition) is 0. The first-order valence-corrected chi connectivity index (χ1v) is 24.5. The van der Waals surface area contributed by atoms with Crippen LogP contribution in [0, 0.1) is 12.1 Å². The van der Waals surface area contributed by atoms with E-state index in [9.17, 15) is 79.0 Å². The summed E-state index contributed by atoms with van der Waals surface area (Å²) in [4.78, 5) is 0. The Bertz CT molecular complexity index is 2300. The topological polar surface area (TPSA) is 19.9 Å². The van der Waals surface area contributed by atoms with Crippen LogP contribution in [0.15, 0.2) is 146 Å². The monoisotopic (exact) mass is 1290 g/mol. The molecule has 0 atom stereocenters. The molecular weight excluding hydrogens is 1260 g/mol. The Balaban J connectivity index is 0.00000338. The molecule has 0 aliphatic rings. The third-order valence-electron chi connectivity index (χ3n) is 10.5. The summed E-state index contributed by atoms with van der Waals surface area (Å²) in [5, 5.41) is -1.14. The molecule has 1 nitrogen and oxygen atoms in total. The van der Waals surface area contributed by atoms with E-state index in [1.54, 1.807) is 0 Å². The van der Waals surface area contributed by atoms with Crippen LogP contribution < -0.4 is 44.2 Å². The predicted molar refractivity (Wildman–Crippen MR) is 234 cm³/mol. The maximum Gasteiger partial charge on any atom is 0 e. The first-order chi connectivity index (χ1) is 32.3. The fraction of sp³-hybridized carbons (Fsp3) is 0.229. The predicted octanol–water partition coefficient (Wildman–Crippen LogP) is 11.5. The molecule has 0 aliphatic heterocycles. The molecule has 0 bridgehead atoms. The average Bonchev–Trinajstić information content (AvgIpc) is 3.28. The van der Waals surface area contributed by atoms with E-state index in [0.29, 0.717) is 72.8 Å². The fourth-order valence-corrected chi connectivity index (χ4v) is 16.2. The van der Waals surface area contributed by atoms with Crippen LogP contribution >= 0.6 is 23.8 Å². The number of rotatable bonds is 12. The van der Waals surface area contributed by atoms with Gasteiger partial charge in [-0.1, -0.05) is 79.7 Å². The van der Waals surface area contributed by atoms with E-state index in [0.717, 1.165) is 36.4 Å². The number of hydrogen-bond donors (Lipinski definition) is 0. The van der Waals surface area contributed by atoms with Gasteiger partial charge in [-0.3, -0.25) is 0 Å². The fourth-order valence-electron chi connectivity index (χ4n) is 7.39. The van der Waals surface area contributed by atoms with E-state index in [-0.39, 0.29) is 64.3 Å². The van der Waals surface area contributed by atoms with Crippen molar-refractivity contribution in [1.82, 2.24) is 0 Å². The quantitative estimate of drug-likeness (QED) is 0.0504. The van der Waals surface area contributed by atoms with Crippen molar-refractivity contribution in [1.29, 1.82) is 0 Å². The van der Waals surface area contributed by atoms with Gasteiger partial charge in [0.15, 0.2) is 0 Å². The molecule has 1 radical (unpaired) electrons. The third-order valence-corrected chi connectivity index (χ3v) is 19.2. The number of benzene rings is 6. The van der Waals surface area contributed by atoms with Crippen LogP contribution in [0.25, 0.3) is 0 Å². The molecule has 72 heavy (non-hydrogen) atoms. The molecule has 0 saturated heterocycles. The van der Waals surface area contributed by atoms with Crippen LogP contribution in [0.3, 0.4) is 0 Å². The molecule has 0 aliphatic carbocycles. The zero-order valence-corrected chi connectivity index (χ0v) is 42.1. The molecule has 0 aromatic heterocycles. The summed E-state index contributed by atoms with van der Waals surface area (Å²) in [6.07, 6.45) is -31.6. The van der Waals surface area contributed by atoms with Gasteiger partial charge in [-0.25, -0.2) is 0 Å². The summed E-state index contributed by atoms with van der Waals surface area (Å²) in [7, 11) is -7.50. The molecule has 0 saturated carbocycles. The molecule has 0 heterocycles. The van der Waals surface area contributed by atoms with Gasteiger partial charge in [0.05, 0.1) is 33.4 Å². The van der Waals surface area contributed by atoms with Gasteiger partial charge in [0.25, 0.3) is 0 Å². The van der Waals surface area contributed by atoms with Gasteiger partial charge >= 0.3 is 48.4 Å². The van der Waals surface area contributed by atoms with Crippen molar-refractivity contribution >= 4 is 55.6 Å². The van der Waals surface area contributed by atoms with Crippen LogP contribution in [-0.2, 0) is 61.8 Å². The molecule has 0 spiro atoms. The summed E-state index contributed by atoms with van der Waals surface area (Å²) in [5.74, 6) is 0. The van der Waals surface area contributed by atoms with Crippen LogP contribution in [0.2, 0.25) is 0 Å². The minimum absolute atomic E-state index is 0. The Morgan fingerprint density at radius 2 is 0.458 bits per heavy atom. The molecule has 0 unspecified atom stereocenters. The Hall–Kier alpha value is -3.97. The Labute approximate surface area is 423 Å². The van der Waals surface area contributed by atoms with Gasteiger partial charge < -0.3 is 12.4 Å². The largest absolute Gasteiger partial charge is 1.00 e. The molecule has 24 heteroatoms. The third kappa shape index (κ3) is 16.3. The number of halogens is 19. The SMILES string of the molecule is CC(CP(c1cccc(C(F)(F)F)c1)c1cccc(C(F)(F)F)c1)(CP(c1cccc(C(F)(F)F)c1)c1cccc(C(F)(F)F)c1)CP(c1cccc(C(F)(F)F)c1)c1cccc(C(F)(F)F)c1.[C-]#[O+].[Cl-].[Ir]. The molecule has 0 fully saturated rings. The van der Waals surface area contributed by atoms with Gasteiger partial charge in [-0.15, -0.1) is 0 Å². The summed E-state index contributed by atoms with van der Waals surface area (Å²) in [6.45, 7) is 5.89.